The van der Waals surface area contributed by atoms with Crippen molar-refractivity contribution in [1.82, 2.24) is 19.8 Å². The summed E-state index contributed by atoms with van der Waals surface area (Å²) in [4.78, 5) is 26.6. The van der Waals surface area contributed by atoms with Crippen LogP contribution in [0.1, 0.15) is 37.2 Å². The topological polar surface area (TPSA) is 93.3 Å². The molecule has 3 rings (SSSR count). The predicted molar refractivity (Wildman–Crippen MR) is 92.2 cm³/mol. The van der Waals surface area contributed by atoms with Gasteiger partial charge >= 0.3 is 0 Å². The number of fused-ring (bicyclic) bond motifs is 1. The van der Waals surface area contributed by atoms with E-state index < -0.39 is 0 Å². The Labute approximate surface area is 145 Å². The molecule has 2 aromatic rings. The SMILES string of the molecule is CCCn1nc2c(cc1=O)CN([C@@H](C)C(=O)Nc1cc(C)no1)CC2. The molecule has 1 aliphatic heterocycles. The molecule has 1 amide bonds. The van der Waals surface area contributed by atoms with Gasteiger partial charge in [0, 0.05) is 38.2 Å². The number of anilines is 1. The number of aryl methyl sites for hydroxylation is 2. The Morgan fingerprint density at radius 1 is 1.44 bits per heavy atom. The maximum absolute atomic E-state index is 12.4. The summed E-state index contributed by atoms with van der Waals surface area (Å²) in [5.74, 6) is 0.183. The monoisotopic (exact) mass is 345 g/mol. The van der Waals surface area contributed by atoms with Crippen LogP contribution in [0.4, 0.5) is 5.88 Å². The Bertz CT molecular complexity index is 826. The summed E-state index contributed by atoms with van der Waals surface area (Å²) in [6.45, 7) is 7.54. The van der Waals surface area contributed by atoms with E-state index in [0.717, 1.165) is 24.1 Å². The molecule has 0 radical (unpaired) electrons. The van der Waals surface area contributed by atoms with E-state index >= 15 is 0 Å². The molecule has 0 aromatic carbocycles. The molecule has 0 aliphatic carbocycles. The van der Waals surface area contributed by atoms with Crippen molar-refractivity contribution in [3.05, 3.63) is 39.4 Å². The van der Waals surface area contributed by atoms with Gasteiger partial charge < -0.3 is 4.52 Å². The summed E-state index contributed by atoms with van der Waals surface area (Å²) in [6.07, 6.45) is 1.59. The van der Waals surface area contributed by atoms with Crippen LogP contribution in [-0.2, 0) is 24.3 Å². The second-order valence-corrected chi connectivity index (χ2v) is 6.40. The van der Waals surface area contributed by atoms with Crippen LogP contribution in [0, 0.1) is 6.92 Å². The van der Waals surface area contributed by atoms with Crippen LogP contribution in [0.5, 0.6) is 0 Å². The molecule has 0 saturated carbocycles. The molecule has 25 heavy (non-hydrogen) atoms. The van der Waals surface area contributed by atoms with Gasteiger partial charge in [-0.3, -0.25) is 19.8 Å². The second kappa shape index (κ2) is 7.18. The summed E-state index contributed by atoms with van der Waals surface area (Å²) in [6, 6.07) is 2.97. The van der Waals surface area contributed by atoms with Crippen molar-refractivity contribution >= 4 is 11.8 Å². The molecule has 8 nitrogen and oxygen atoms in total. The highest BCUT2D eigenvalue weighted by Gasteiger charge is 2.27. The molecule has 0 bridgehead atoms. The van der Waals surface area contributed by atoms with E-state index in [1.807, 2.05) is 18.7 Å². The zero-order chi connectivity index (χ0) is 18.0. The van der Waals surface area contributed by atoms with Gasteiger partial charge in [0.15, 0.2) is 0 Å². The van der Waals surface area contributed by atoms with Gasteiger partial charge in [0.05, 0.1) is 17.4 Å². The lowest BCUT2D eigenvalue weighted by atomic mass is 10.0. The quantitative estimate of drug-likeness (QED) is 0.879. The minimum absolute atomic E-state index is 0.0864. The van der Waals surface area contributed by atoms with Crippen molar-refractivity contribution in [3.63, 3.8) is 0 Å². The highest BCUT2D eigenvalue weighted by molar-refractivity contribution is 5.93. The average Bonchev–Trinajstić information content (AvgIpc) is 2.99. The lowest BCUT2D eigenvalue weighted by Gasteiger charge is -2.32. The molecule has 1 atom stereocenters. The molecule has 1 aliphatic rings. The first-order valence-corrected chi connectivity index (χ1v) is 8.56. The van der Waals surface area contributed by atoms with Crippen LogP contribution in [0.3, 0.4) is 0 Å². The minimum Gasteiger partial charge on any atom is -0.338 e. The first-order chi connectivity index (χ1) is 12.0. The van der Waals surface area contributed by atoms with Gasteiger partial charge in [0.1, 0.15) is 0 Å². The van der Waals surface area contributed by atoms with Gasteiger partial charge in [0.25, 0.3) is 5.56 Å². The number of carbonyl (C=O) groups is 1. The number of amides is 1. The number of nitrogens with one attached hydrogen (secondary N) is 1. The highest BCUT2D eigenvalue weighted by atomic mass is 16.5. The molecule has 8 heteroatoms. The van der Waals surface area contributed by atoms with E-state index in [9.17, 15) is 9.59 Å². The van der Waals surface area contributed by atoms with E-state index in [4.69, 9.17) is 4.52 Å². The molecule has 1 N–H and O–H groups in total. The maximum atomic E-state index is 12.4. The molecule has 134 valence electrons. The Balaban J connectivity index is 1.70. The lowest BCUT2D eigenvalue weighted by molar-refractivity contribution is -0.121. The van der Waals surface area contributed by atoms with Crippen molar-refractivity contribution < 1.29 is 9.32 Å². The molecule has 2 aromatic heterocycles. The van der Waals surface area contributed by atoms with Crippen LogP contribution >= 0.6 is 0 Å². The van der Waals surface area contributed by atoms with Crippen molar-refractivity contribution in [2.75, 3.05) is 11.9 Å². The van der Waals surface area contributed by atoms with Crippen LogP contribution in [0.2, 0.25) is 0 Å². The van der Waals surface area contributed by atoms with E-state index in [0.29, 0.717) is 31.2 Å². The normalized spacial score (nSPS) is 15.6. The first kappa shape index (κ1) is 17.3. The number of carbonyl (C=O) groups excluding carboxylic acids is 1. The molecule has 0 fully saturated rings. The summed E-state index contributed by atoms with van der Waals surface area (Å²) in [7, 11) is 0. The molecule has 0 spiro atoms. The van der Waals surface area contributed by atoms with Crippen molar-refractivity contribution in [3.8, 4) is 0 Å². The van der Waals surface area contributed by atoms with Gasteiger partial charge in [-0.2, -0.15) is 5.10 Å². The van der Waals surface area contributed by atoms with E-state index in [-0.39, 0.29) is 17.5 Å². The third-order valence-corrected chi connectivity index (χ3v) is 4.41. The summed E-state index contributed by atoms with van der Waals surface area (Å²) >= 11 is 0. The molecular weight excluding hydrogens is 322 g/mol. The average molecular weight is 345 g/mol. The van der Waals surface area contributed by atoms with Crippen molar-refractivity contribution in [2.24, 2.45) is 0 Å². The third kappa shape index (κ3) is 3.79. The molecule has 3 heterocycles. The first-order valence-electron chi connectivity index (χ1n) is 8.56. The highest BCUT2D eigenvalue weighted by Crippen LogP contribution is 2.18. The number of hydrogen-bond donors (Lipinski definition) is 1. The van der Waals surface area contributed by atoms with Crippen LogP contribution in [0.25, 0.3) is 0 Å². The number of nitrogens with zero attached hydrogens (tertiary/aromatic N) is 4. The maximum Gasteiger partial charge on any atom is 0.267 e. The smallest absolute Gasteiger partial charge is 0.267 e. The van der Waals surface area contributed by atoms with Gasteiger partial charge in [0.2, 0.25) is 11.8 Å². The van der Waals surface area contributed by atoms with E-state index in [1.165, 1.54) is 4.68 Å². The minimum atomic E-state index is -0.350. The lowest BCUT2D eigenvalue weighted by Crippen LogP contribution is -2.45. The zero-order valence-corrected chi connectivity index (χ0v) is 14.8. The number of aromatic nitrogens is 3. The second-order valence-electron chi connectivity index (χ2n) is 6.40. The fourth-order valence-electron chi connectivity index (χ4n) is 2.98. The Morgan fingerprint density at radius 3 is 2.92 bits per heavy atom. The van der Waals surface area contributed by atoms with Crippen LogP contribution in [-0.4, -0.2) is 38.3 Å². The largest absolute Gasteiger partial charge is 0.338 e. The Morgan fingerprint density at radius 2 is 2.24 bits per heavy atom. The summed E-state index contributed by atoms with van der Waals surface area (Å²) < 4.78 is 6.55. The van der Waals surface area contributed by atoms with Crippen molar-refractivity contribution in [2.45, 2.75) is 52.7 Å². The number of rotatable bonds is 5. The zero-order valence-electron chi connectivity index (χ0n) is 14.8. The summed E-state index contributed by atoms with van der Waals surface area (Å²) in [5, 5.41) is 11.0. The van der Waals surface area contributed by atoms with Gasteiger partial charge in [-0.15, -0.1) is 0 Å². The van der Waals surface area contributed by atoms with Gasteiger partial charge in [-0.25, -0.2) is 4.68 Å². The van der Waals surface area contributed by atoms with E-state index in [1.54, 1.807) is 19.1 Å². The predicted octanol–water partition coefficient (Wildman–Crippen LogP) is 1.34. The number of hydrogen-bond acceptors (Lipinski definition) is 6. The third-order valence-electron chi connectivity index (χ3n) is 4.41. The fraction of sp³-hybridized carbons (Fsp3) is 0.529. The Kier molecular flexibility index (Phi) is 4.98. The molecule has 0 unspecified atom stereocenters. The van der Waals surface area contributed by atoms with Gasteiger partial charge in [-0.05, 0) is 25.8 Å². The molecule has 0 saturated heterocycles. The fourth-order valence-corrected chi connectivity index (χ4v) is 2.98. The van der Waals surface area contributed by atoms with Crippen LogP contribution < -0.4 is 10.9 Å². The summed E-state index contributed by atoms with van der Waals surface area (Å²) in [5.41, 5.74) is 2.47. The standard InChI is InChI=1S/C17H23N5O3/c1-4-6-22-16(23)9-13-10-21(7-5-14(13)19-22)12(3)17(24)18-15-8-11(2)20-25-15/h8-9,12H,4-7,10H2,1-3H3,(H,18,24)/t12-/m0/s1. The van der Waals surface area contributed by atoms with Crippen LogP contribution in [0.15, 0.2) is 21.5 Å². The molecular formula is C17H23N5O3. The van der Waals surface area contributed by atoms with Crippen molar-refractivity contribution in [1.29, 1.82) is 0 Å². The Hall–Kier alpha value is -2.48. The van der Waals surface area contributed by atoms with Gasteiger partial charge in [-0.1, -0.05) is 12.1 Å². The van der Waals surface area contributed by atoms with E-state index in [2.05, 4.69) is 15.6 Å².